The van der Waals surface area contributed by atoms with Crippen LogP contribution in [0.25, 0.3) is 0 Å². The summed E-state index contributed by atoms with van der Waals surface area (Å²) in [7, 11) is 1.77. The van der Waals surface area contributed by atoms with Crippen LogP contribution in [-0.4, -0.2) is 23.8 Å². The highest BCUT2D eigenvalue weighted by atomic mass is 35.5. The highest BCUT2D eigenvalue weighted by Gasteiger charge is 2.16. The van der Waals surface area contributed by atoms with E-state index in [1.54, 1.807) is 27.0 Å². The van der Waals surface area contributed by atoms with E-state index in [-0.39, 0.29) is 5.75 Å². The summed E-state index contributed by atoms with van der Waals surface area (Å²) in [6.07, 6.45) is -0.605. The first-order valence-corrected chi connectivity index (χ1v) is 5.18. The molecule has 0 heterocycles. The van der Waals surface area contributed by atoms with Gasteiger partial charge < -0.3 is 15.5 Å². The summed E-state index contributed by atoms with van der Waals surface area (Å²) in [5, 5.41) is 22.6. The van der Waals surface area contributed by atoms with Crippen molar-refractivity contribution in [1.82, 2.24) is 5.32 Å². The summed E-state index contributed by atoms with van der Waals surface area (Å²) in [6.45, 7) is 4.01. The third-order valence-electron chi connectivity index (χ3n) is 2.47. The Hall–Kier alpha value is -0.770. The van der Waals surface area contributed by atoms with Gasteiger partial charge in [0.1, 0.15) is 5.75 Å². The Bertz CT molecular complexity index is 366. The molecule has 1 aromatic rings. The van der Waals surface area contributed by atoms with Crippen molar-refractivity contribution >= 4 is 11.6 Å². The third kappa shape index (κ3) is 2.43. The number of aromatic hydroxyl groups is 1. The fourth-order valence-electron chi connectivity index (χ4n) is 1.54. The maximum absolute atomic E-state index is 9.84. The molecule has 4 heteroatoms. The van der Waals surface area contributed by atoms with Crippen LogP contribution in [0.4, 0.5) is 0 Å². The molecule has 0 saturated heterocycles. The fraction of sp³-hybridized carbons (Fsp3) is 0.455. The first kappa shape index (κ1) is 12.3. The van der Waals surface area contributed by atoms with Crippen LogP contribution in [0.1, 0.15) is 22.8 Å². The van der Waals surface area contributed by atoms with Crippen LogP contribution in [0.15, 0.2) is 6.07 Å². The van der Waals surface area contributed by atoms with Crippen molar-refractivity contribution in [3.05, 3.63) is 27.8 Å². The number of phenolic OH excluding ortho intramolecular Hbond substituents is 1. The Balaban J connectivity index is 3.19. The number of halogens is 1. The third-order valence-corrected chi connectivity index (χ3v) is 2.93. The maximum atomic E-state index is 9.84. The molecule has 1 atom stereocenters. The first-order chi connectivity index (χ1) is 6.99. The lowest BCUT2D eigenvalue weighted by Crippen LogP contribution is -2.17. The number of hydrogen-bond donors (Lipinski definition) is 3. The molecular weight excluding hydrogens is 214 g/mol. The molecule has 3 nitrogen and oxygen atoms in total. The lowest BCUT2D eigenvalue weighted by molar-refractivity contribution is 0.177. The average Bonchev–Trinajstić information content (AvgIpc) is 2.20. The van der Waals surface area contributed by atoms with E-state index in [2.05, 4.69) is 5.32 Å². The number of likely N-dealkylation sites (N-methyl/N-ethyl adjacent to an activating group) is 1. The molecule has 15 heavy (non-hydrogen) atoms. The normalized spacial score (nSPS) is 12.9. The molecule has 1 unspecified atom stereocenters. The number of aliphatic hydroxyl groups excluding tert-OH is 1. The number of rotatable bonds is 3. The van der Waals surface area contributed by atoms with Gasteiger partial charge in [0, 0.05) is 6.54 Å². The van der Waals surface area contributed by atoms with Crippen LogP contribution in [-0.2, 0) is 0 Å². The minimum atomic E-state index is -0.605. The van der Waals surface area contributed by atoms with E-state index in [0.29, 0.717) is 17.1 Å². The lowest BCUT2D eigenvalue weighted by atomic mass is 10.00. The van der Waals surface area contributed by atoms with Crippen molar-refractivity contribution in [2.45, 2.75) is 20.0 Å². The molecule has 0 bridgehead atoms. The minimum absolute atomic E-state index is 0.0922. The summed E-state index contributed by atoms with van der Waals surface area (Å²) in [5.74, 6) is 0.0922. The van der Waals surface area contributed by atoms with Gasteiger partial charge in [0.05, 0.1) is 11.1 Å². The average molecular weight is 230 g/mol. The van der Waals surface area contributed by atoms with Crippen molar-refractivity contribution in [3.8, 4) is 5.75 Å². The van der Waals surface area contributed by atoms with Gasteiger partial charge in [0.15, 0.2) is 0 Å². The number of nitrogens with one attached hydrogen (secondary N) is 1. The molecule has 0 aliphatic heterocycles. The van der Waals surface area contributed by atoms with Gasteiger partial charge in [-0.1, -0.05) is 11.6 Å². The Morgan fingerprint density at radius 3 is 2.60 bits per heavy atom. The van der Waals surface area contributed by atoms with E-state index >= 15 is 0 Å². The predicted octanol–water partition coefficient (Wildman–Crippen LogP) is 1.92. The number of hydrogen-bond acceptors (Lipinski definition) is 3. The second-order valence-electron chi connectivity index (χ2n) is 3.64. The molecule has 84 valence electrons. The van der Waals surface area contributed by atoms with Crippen molar-refractivity contribution in [2.75, 3.05) is 13.6 Å². The SMILES string of the molecule is CNCC(O)c1cc(C)c(O)c(Cl)c1C. The summed E-state index contributed by atoms with van der Waals surface area (Å²) < 4.78 is 0. The molecular formula is C11H16ClNO2. The molecule has 0 radical (unpaired) electrons. The lowest BCUT2D eigenvalue weighted by Gasteiger charge is -2.16. The largest absolute Gasteiger partial charge is 0.506 e. The summed E-state index contributed by atoms with van der Waals surface area (Å²) in [6, 6.07) is 1.76. The second kappa shape index (κ2) is 4.84. The zero-order chi connectivity index (χ0) is 11.6. The maximum Gasteiger partial charge on any atom is 0.137 e. The summed E-state index contributed by atoms with van der Waals surface area (Å²) in [4.78, 5) is 0. The van der Waals surface area contributed by atoms with Gasteiger partial charge in [-0.25, -0.2) is 0 Å². The monoisotopic (exact) mass is 229 g/mol. The van der Waals surface area contributed by atoms with Gasteiger partial charge in [-0.05, 0) is 43.7 Å². The van der Waals surface area contributed by atoms with Crippen molar-refractivity contribution < 1.29 is 10.2 Å². The van der Waals surface area contributed by atoms with Crippen LogP contribution in [0.5, 0.6) is 5.75 Å². The Labute approximate surface area is 94.7 Å². The molecule has 0 spiro atoms. The van der Waals surface area contributed by atoms with E-state index in [1.165, 1.54) is 0 Å². The quantitative estimate of drug-likeness (QED) is 0.742. The zero-order valence-electron chi connectivity index (χ0n) is 9.13. The predicted molar refractivity (Wildman–Crippen MR) is 61.5 cm³/mol. The smallest absolute Gasteiger partial charge is 0.137 e. The second-order valence-corrected chi connectivity index (χ2v) is 4.02. The van der Waals surface area contributed by atoms with E-state index < -0.39 is 6.10 Å². The van der Waals surface area contributed by atoms with E-state index in [1.807, 2.05) is 0 Å². The topological polar surface area (TPSA) is 52.5 Å². The molecule has 0 aliphatic rings. The van der Waals surface area contributed by atoms with Crippen molar-refractivity contribution in [3.63, 3.8) is 0 Å². The van der Waals surface area contributed by atoms with Crippen LogP contribution < -0.4 is 5.32 Å². The Kier molecular flexibility index (Phi) is 3.97. The molecule has 0 amide bonds. The Morgan fingerprint density at radius 1 is 1.47 bits per heavy atom. The van der Waals surface area contributed by atoms with Crippen LogP contribution in [0, 0.1) is 13.8 Å². The molecule has 0 aliphatic carbocycles. The highest BCUT2D eigenvalue weighted by molar-refractivity contribution is 6.33. The summed E-state index contributed by atoms with van der Waals surface area (Å²) >= 11 is 5.95. The number of aliphatic hydroxyl groups is 1. The number of phenols is 1. The van der Waals surface area contributed by atoms with Crippen LogP contribution >= 0.6 is 11.6 Å². The van der Waals surface area contributed by atoms with Gasteiger partial charge >= 0.3 is 0 Å². The Morgan fingerprint density at radius 2 is 2.07 bits per heavy atom. The zero-order valence-corrected chi connectivity index (χ0v) is 9.89. The molecule has 1 aromatic carbocycles. The molecule has 3 N–H and O–H groups in total. The molecule has 1 rings (SSSR count). The molecule has 0 aromatic heterocycles. The van der Waals surface area contributed by atoms with Crippen molar-refractivity contribution in [2.24, 2.45) is 0 Å². The highest BCUT2D eigenvalue weighted by Crippen LogP contribution is 2.34. The number of aryl methyl sites for hydroxylation is 1. The van der Waals surface area contributed by atoms with E-state index in [9.17, 15) is 10.2 Å². The van der Waals surface area contributed by atoms with Crippen molar-refractivity contribution in [1.29, 1.82) is 0 Å². The summed E-state index contributed by atoms with van der Waals surface area (Å²) in [5.41, 5.74) is 2.16. The van der Waals surface area contributed by atoms with Gasteiger partial charge in [-0.3, -0.25) is 0 Å². The van der Waals surface area contributed by atoms with E-state index in [0.717, 1.165) is 11.1 Å². The van der Waals surface area contributed by atoms with Gasteiger partial charge in [0.2, 0.25) is 0 Å². The van der Waals surface area contributed by atoms with Crippen LogP contribution in [0.3, 0.4) is 0 Å². The fourth-order valence-corrected chi connectivity index (χ4v) is 1.79. The van der Waals surface area contributed by atoms with Crippen LogP contribution in [0.2, 0.25) is 5.02 Å². The van der Waals surface area contributed by atoms with Gasteiger partial charge in [-0.2, -0.15) is 0 Å². The first-order valence-electron chi connectivity index (χ1n) is 4.80. The van der Waals surface area contributed by atoms with Gasteiger partial charge in [-0.15, -0.1) is 0 Å². The van der Waals surface area contributed by atoms with Gasteiger partial charge in [0.25, 0.3) is 0 Å². The standard InChI is InChI=1S/C11H16ClNO2/c1-6-4-8(9(14)5-13-3)7(2)10(12)11(6)15/h4,9,13-15H,5H2,1-3H3. The number of benzene rings is 1. The minimum Gasteiger partial charge on any atom is -0.506 e. The van der Waals surface area contributed by atoms with E-state index in [4.69, 9.17) is 11.6 Å². The molecule has 0 saturated carbocycles. The molecule has 0 fully saturated rings.